The second kappa shape index (κ2) is 20.2. The Morgan fingerprint density at radius 1 is 0.526 bits per heavy atom. The molecule has 0 radical (unpaired) electrons. The molecule has 0 aliphatic heterocycles. The van der Waals surface area contributed by atoms with Gasteiger partial charge in [0, 0.05) is 50.2 Å². The number of pyridine rings is 2. The minimum absolute atomic E-state index is 0.0271. The average Bonchev–Trinajstić information content (AvgIpc) is 2.94. The summed E-state index contributed by atoms with van der Waals surface area (Å²) >= 11 is 0. The van der Waals surface area contributed by atoms with Crippen molar-refractivity contribution >= 4 is 11.8 Å². The highest BCUT2D eigenvalue weighted by Gasteiger charge is 2.09. The molecule has 2 amide bonds. The van der Waals surface area contributed by atoms with E-state index in [-0.39, 0.29) is 11.8 Å². The molecule has 0 fully saturated rings. The standard InChI is InChI=1S/C32H50N4O2/c1-3-5-21-33-31(37)29-17-25-35(26-18-29)23-15-13-11-9-7-8-10-12-14-16-24-36-27-19-30(20-28-36)32(38)34-22-6-4-2/h17-20,25-28H,3-16,21-24H2,1-2H3/p+2. The molecule has 2 rings (SSSR count). The smallest absolute Gasteiger partial charge is 0.251 e. The first-order chi connectivity index (χ1) is 18.6. The zero-order valence-electron chi connectivity index (χ0n) is 24.1. The van der Waals surface area contributed by atoms with Gasteiger partial charge in [-0.3, -0.25) is 9.59 Å². The van der Waals surface area contributed by atoms with Crippen molar-refractivity contribution in [1.29, 1.82) is 0 Å². The number of carbonyl (C=O) groups is 2. The highest BCUT2D eigenvalue weighted by Crippen LogP contribution is 2.11. The molecular formula is C32H52N4O2+2. The van der Waals surface area contributed by atoms with E-state index < -0.39 is 0 Å². The van der Waals surface area contributed by atoms with Crippen molar-refractivity contribution in [2.45, 2.75) is 117 Å². The molecule has 0 saturated carbocycles. The number of unbranched alkanes of at least 4 members (excludes halogenated alkanes) is 11. The molecule has 0 bridgehead atoms. The van der Waals surface area contributed by atoms with Gasteiger partial charge in [-0.15, -0.1) is 0 Å². The highest BCUT2D eigenvalue weighted by molar-refractivity contribution is 5.94. The summed E-state index contributed by atoms with van der Waals surface area (Å²) in [5.74, 6) is 0.0542. The lowest BCUT2D eigenvalue weighted by Gasteiger charge is -2.04. The summed E-state index contributed by atoms with van der Waals surface area (Å²) in [4.78, 5) is 24.2. The van der Waals surface area contributed by atoms with E-state index in [0.29, 0.717) is 0 Å². The number of nitrogens with zero attached hydrogens (tertiary/aromatic N) is 2. The lowest BCUT2D eigenvalue weighted by molar-refractivity contribution is -0.697. The Morgan fingerprint density at radius 3 is 1.16 bits per heavy atom. The van der Waals surface area contributed by atoms with Crippen molar-refractivity contribution in [3.63, 3.8) is 0 Å². The summed E-state index contributed by atoms with van der Waals surface area (Å²) in [6, 6.07) is 7.69. The fourth-order valence-electron chi connectivity index (χ4n) is 4.48. The third kappa shape index (κ3) is 13.7. The molecule has 2 heterocycles. The van der Waals surface area contributed by atoms with Crippen molar-refractivity contribution in [3.05, 3.63) is 60.2 Å². The molecule has 0 aliphatic carbocycles. The van der Waals surface area contributed by atoms with Crippen LogP contribution in [0.25, 0.3) is 0 Å². The topological polar surface area (TPSA) is 66.0 Å². The van der Waals surface area contributed by atoms with Gasteiger partial charge in [-0.25, -0.2) is 9.13 Å². The summed E-state index contributed by atoms with van der Waals surface area (Å²) < 4.78 is 4.36. The predicted octanol–water partition coefficient (Wildman–Crippen LogP) is 5.92. The van der Waals surface area contributed by atoms with E-state index >= 15 is 0 Å². The number of rotatable bonds is 21. The largest absolute Gasteiger partial charge is 0.352 e. The molecule has 2 aromatic heterocycles. The molecule has 2 aromatic rings. The molecule has 0 atom stereocenters. The van der Waals surface area contributed by atoms with Crippen molar-refractivity contribution in [3.8, 4) is 0 Å². The molecule has 0 unspecified atom stereocenters. The Balaban J connectivity index is 1.42. The van der Waals surface area contributed by atoms with Crippen molar-refractivity contribution < 1.29 is 18.7 Å². The Bertz CT molecular complexity index is 821. The van der Waals surface area contributed by atoms with Crippen LogP contribution in [0.3, 0.4) is 0 Å². The molecule has 0 spiro atoms. The van der Waals surface area contributed by atoms with Crippen LogP contribution in [0.1, 0.15) is 124 Å². The van der Waals surface area contributed by atoms with Gasteiger partial charge in [0.15, 0.2) is 24.8 Å². The highest BCUT2D eigenvalue weighted by atomic mass is 16.2. The van der Waals surface area contributed by atoms with Gasteiger partial charge in [-0.1, -0.05) is 65.2 Å². The summed E-state index contributed by atoms with van der Waals surface area (Å²) in [5, 5.41) is 5.93. The van der Waals surface area contributed by atoms with Crippen LogP contribution < -0.4 is 19.8 Å². The summed E-state index contributed by atoms with van der Waals surface area (Å²) in [5.41, 5.74) is 1.49. The second-order valence-corrected chi connectivity index (χ2v) is 10.4. The Labute approximate surface area is 231 Å². The van der Waals surface area contributed by atoms with Crippen LogP contribution in [0.2, 0.25) is 0 Å². The average molecular weight is 525 g/mol. The van der Waals surface area contributed by atoms with Crippen molar-refractivity contribution in [2.24, 2.45) is 0 Å². The first-order valence-corrected chi connectivity index (χ1v) is 15.2. The quantitative estimate of drug-likeness (QED) is 0.157. The van der Waals surface area contributed by atoms with Gasteiger partial charge in [0.1, 0.15) is 13.1 Å². The Morgan fingerprint density at radius 2 is 0.842 bits per heavy atom. The molecule has 0 aromatic carbocycles. The minimum Gasteiger partial charge on any atom is -0.352 e. The summed E-state index contributed by atoms with van der Waals surface area (Å²) in [6.07, 6.45) is 25.2. The SMILES string of the molecule is CCCCNC(=O)c1cc[n+](CCCCCCCCCCCC[n+]2ccc(C(=O)NCCCC)cc2)cc1. The van der Waals surface area contributed by atoms with E-state index in [1.165, 1.54) is 64.2 Å². The first kappa shape index (κ1) is 31.5. The van der Waals surface area contributed by atoms with E-state index in [4.69, 9.17) is 0 Å². The summed E-state index contributed by atoms with van der Waals surface area (Å²) in [7, 11) is 0. The number of carbonyl (C=O) groups excluding carboxylic acids is 2. The fourth-order valence-corrected chi connectivity index (χ4v) is 4.48. The lowest BCUT2D eigenvalue weighted by atomic mass is 10.1. The van der Waals surface area contributed by atoms with Crippen LogP contribution in [-0.4, -0.2) is 24.9 Å². The lowest BCUT2D eigenvalue weighted by Crippen LogP contribution is -2.33. The van der Waals surface area contributed by atoms with E-state index in [1.54, 1.807) is 0 Å². The first-order valence-electron chi connectivity index (χ1n) is 15.2. The molecule has 0 aliphatic rings. The van der Waals surface area contributed by atoms with Gasteiger partial charge >= 0.3 is 0 Å². The van der Waals surface area contributed by atoms with Gasteiger partial charge in [-0.2, -0.15) is 0 Å². The van der Waals surface area contributed by atoms with Crippen molar-refractivity contribution in [1.82, 2.24) is 10.6 Å². The number of aromatic nitrogens is 2. The van der Waals surface area contributed by atoms with E-state index in [9.17, 15) is 9.59 Å². The minimum atomic E-state index is 0.0271. The molecule has 210 valence electrons. The van der Waals surface area contributed by atoms with Gasteiger partial charge in [-0.05, 0) is 25.7 Å². The van der Waals surface area contributed by atoms with Crippen LogP contribution in [0.4, 0.5) is 0 Å². The number of amides is 2. The van der Waals surface area contributed by atoms with Gasteiger partial charge in [0.2, 0.25) is 0 Å². The number of hydrogen-bond donors (Lipinski definition) is 2. The van der Waals surface area contributed by atoms with Gasteiger partial charge in [0.25, 0.3) is 11.8 Å². The van der Waals surface area contributed by atoms with Crippen LogP contribution in [-0.2, 0) is 13.1 Å². The van der Waals surface area contributed by atoms with E-state index in [0.717, 1.165) is 63.0 Å². The molecule has 0 saturated heterocycles. The van der Waals surface area contributed by atoms with Crippen LogP contribution >= 0.6 is 0 Å². The maximum atomic E-state index is 12.1. The maximum absolute atomic E-state index is 12.1. The normalized spacial score (nSPS) is 10.9. The molecular weight excluding hydrogens is 472 g/mol. The van der Waals surface area contributed by atoms with Gasteiger partial charge < -0.3 is 10.6 Å². The van der Waals surface area contributed by atoms with Crippen LogP contribution in [0.15, 0.2) is 49.1 Å². The second-order valence-electron chi connectivity index (χ2n) is 10.4. The zero-order chi connectivity index (χ0) is 27.3. The van der Waals surface area contributed by atoms with Crippen LogP contribution in [0, 0.1) is 0 Å². The number of hydrogen-bond acceptors (Lipinski definition) is 2. The molecule has 38 heavy (non-hydrogen) atoms. The third-order valence-corrected chi connectivity index (χ3v) is 7.02. The fraction of sp³-hybridized carbons (Fsp3) is 0.625. The number of aryl methyl sites for hydroxylation is 2. The third-order valence-electron chi connectivity index (χ3n) is 7.02. The maximum Gasteiger partial charge on any atom is 0.251 e. The molecule has 6 nitrogen and oxygen atoms in total. The molecule has 2 N–H and O–H groups in total. The van der Waals surface area contributed by atoms with E-state index in [2.05, 4.69) is 33.6 Å². The van der Waals surface area contributed by atoms with Gasteiger partial charge in [0.05, 0.1) is 11.1 Å². The monoisotopic (exact) mass is 524 g/mol. The number of nitrogens with one attached hydrogen (secondary N) is 2. The Hall–Kier alpha value is -2.76. The Kier molecular flexibility index (Phi) is 16.8. The van der Waals surface area contributed by atoms with Crippen LogP contribution in [0.5, 0.6) is 0 Å². The zero-order valence-corrected chi connectivity index (χ0v) is 24.1. The predicted molar refractivity (Wildman–Crippen MR) is 154 cm³/mol. The van der Waals surface area contributed by atoms with Crippen molar-refractivity contribution in [2.75, 3.05) is 13.1 Å². The van der Waals surface area contributed by atoms with E-state index in [1.807, 2.05) is 49.1 Å². The summed E-state index contributed by atoms with van der Waals surface area (Å²) in [6.45, 7) is 7.79. The molecule has 6 heteroatoms.